The van der Waals surface area contributed by atoms with Crippen molar-refractivity contribution in [3.05, 3.63) is 29.6 Å². The van der Waals surface area contributed by atoms with Gasteiger partial charge in [0.2, 0.25) is 0 Å². The molecule has 2 heterocycles. The molecule has 1 unspecified atom stereocenters. The van der Waals surface area contributed by atoms with E-state index in [1.807, 2.05) is 32.0 Å². The van der Waals surface area contributed by atoms with Crippen LogP contribution >= 0.6 is 0 Å². The minimum absolute atomic E-state index is 0.0881. The first-order valence-electron chi connectivity index (χ1n) is 7.04. The smallest absolute Gasteiger partial charge is 0.323 e. The van der Waals surface area contributed by atoms with Gasteiger partial charge < -0.3 is 4.74 Å². The van der Waals surface area contributed by atoms with Crippen LogP contribution < -0.4 is 0 Å². The van der Waals surface area contributed by atoms with E-state index in [1.165, 1.54) is 0 Å². The summed E-state index contributed by atoms with van der Waals surface area (Å²) in [7, 11) is 0. The van der Waals surface area contributed by atoms with E-state index >= 15 is 0 Å². The molecule has 0 radical (unpaired) electrons. The van der Waals surface area contributed by atoms with Gasteiger partial charge >= 0.3 is 5.97 Å². The lowest BCUT2D eigenvalue weighted by Gasteiger charge is -2.33. The number of aromatic nitrogens is 1. The lowest BCUT2D eigenvalue weighted by atomic mass is 10.0. The molecule has 0 N–H and O–H groups in total. The molecule has 19 heavy (non-hydrogen) atoms. The molecule has 0 spiro atoms. The highest BCUT2D eigenvalue weighted by atomic mass is 16.5. The van der Waals surface area contributed by atoms with Gasteiger partial charge in [-0.2, -0.15) is 0 Å². The number of hydrogen-bond acceptors (Lipinski definition) is 4. The fraction of sp³-hybridized carbons (Fsp3) is 0.600. The average molecular weight is 262 g/mol. The molecule has 2 rings (SSSR count). The zero-order valence-electron chi connectivity index (χ0n) is 11.8. The summed E-state index contributed by atoms with van der Waals surface area (Å²) in [4.78, 5) is 18.7. The van der Waals surface area contributed by atoms with Gasteiger partial charge in [0.15, 0.2) is 0 Å². The quantitative estimate of drug-likeness (QED) is 0.781. The maximum absolute atomic E-state index is 12.0. The molecule has 0 aliphatic carbocycles. The number of likely N-dealkylation sites (tertiary alicyclic amines) is 1. The predicted molar refractivity (Wildman–Crippen MR) is 73.7 cm³/mol. The van der Waals surface area contributed by atoms with Gasteiger partial charge in [-0.25, -0.2) is 0 Å². The average Bonchev–Trinajstić information content (AvgIpc) is 2.39. The van der Waals surface area contributed by atoms with E-state index in [9.17, 15) is 4.79 Å². The van der Waals surface area contributed by atoms with Crippen LogP contribution in [0.4, 0.5) is 0 Å². The first-order valence-corrected chi connectivity index (χ1v) is 7.04. The highest BCUT2D eigenvalue weighted by Gasteiger charge is 2.29. The Labute approximate surface area is 114 Å². The maximum Gasteiger partial charge on any atom is 0.323 e. The van der Waals surface area contributed by atoms with Crippen LogP contribution in [-0.4, -0.2) is 35.0 Å². The van der Waals surface area contributed by atoms with Crippen LogP contribution in [-0.2, 0) is 16.1 Å². The summed E-state index contributed by atoms with van der Waals surface area (Å²) in [6, 6.07) is 5.92. The summed E-state index contributed by atoms with van der Waals surface area (Å²) >= 11 is 0. The van der Waals surface area contributed by atoms with Gasteiger partial charge in [-0.3, -0.25) is 14.7 Å². The molecule has 0 amide bonds. The molecule has 1 aliphatic heterocycles. The number of hydrogen-bond donors (Lipinski definition) is 0. The van der Waals surface area contributed by atoms with E-state index in [1.54, 1.807) is 0 Å². The second-order valence-electron chi connectivity index (χ2n) is 5.00. The van der Waals surface area contributed by atoms with Gasteiger partial charge in [0.1, 0.15) is 6.04 Å². The third-order valence-electron chi connectivity index (χ3n) is 3.48. The van der Waals surface area contributed by atoms with Crippen molar-refractivity contribution in [2.45, 2.75) is 45.7 Å². The number of esters is 1. The van der Waals surface area contributed by atoms with Crippen molar-refractivity contribution < 1.29 is 9.53 Å². The molecule has 1 saturated heterocycles. The van der Waals surface area contributed by atoms with Crippen LogP contribution in [0.5, 0.6) is 0 Å². The lowest BCUT2D eigenvalue weighted by Crippen LogP contribution is -2.45. The second kappa shape index (κ2) is 6.66. The minimum Gasteiger partial charge on any atom is -0.465 e. The van der Waals surface area contributed by atoms with Crippen molar-refractivity contribution in [1.29, 1.82) is 0 Å². The minimum atomic E-state index is -0.101. The zero-order valence-corrected chi connectivity index (χ0v) is 11.8. The van der Waals surface area contributed by atoms with Crippen LogP contribution in [0.15, 0.2) is 18.2 Å². The fourth-order valence-corrected chi connectivity index (χ4v) is 2.58. The molecule has 1 atom stereocenters. The standard InChI is InChI=1S/C15H22N2O2/c1-3-19-15(18)14-9-4-5-10-17(14)11-13-8-6-7-12(2)16-13/h6-8,14H,3-5,9-11H2,1-2H3. The monoisotopic (exact) mass is 262 g/mol. The Balaban J connectivity index is 2.05. The third-order valence-corrected chi connectivity index (χ3v) is 3.48. The highest BCUT2D eigenvalue weighted by Crippen LogP contribution is 2.20. The number of rotatable bonds is 4. The second-order valence-corrected chi connectivity index (χ2v) is 5.00. The zero-order chi connectivity index (χ0) is 13.7. The van der Waals surface area contributed by atoms with Crippen molar-refractivity contribution in [3.8, 4) is 0 Å². The molecule has 1 aromatic heterocycles. The van der Waals surface area contributed by atoms with Gasteiger partial charge in [-0.15, -0.1) is 0 Å². The van der Waals surface area contributed by atoms with E-state index in [-0.39, 0.29) is 12.0 Å². The van der Waals surface area contributed by atoms with Crippen molar-refractivity contribution >= 4 is 5.97 Å². The van der Waals surface area contributed by atoms with Crippen molar-refractivity contribution in [2.24, 2.45) is 0 Å². The molecular weight excluding hydrogens is 240 g/mol. The molecule has 104 valence electrons. The Bertz CT molecular complexity index is 434. The van der Waals surface area contributed by atoms with E-state index < -0.39 is 0 Å². The van der Waals surface area contributed by atoms with Gasteiger partial charge in [0.05, 0.1) is 12.3 Å². The molecular formula is C15H22N2O2. The van der Waals surface area contributed by atoms with Crippen LogP contribution in [0.1, 0.15) is 37.6 Å². The Morgan fingerprint density at radius 1 is 1.47 bits per heavy atom. The Kier molecular flexibility index (Phi) is 4.91. The molecule has 0 bridgehead atoms. The van der Waals surface area contributed by atoms with Crippen LogP contribution in [0, 0.1) is 6.92 Å². The van der Waals surface area contributed by atoms with Crippen molar-refractivity contribution in [2.75, 3.05) is 13.2 Å². The number of carbonyl (C=O) groups is 1. The van der Waals surface area contributed by atoms with Gasteiger partial charge in [-0.1, -0.05) is 12.5 Å². The Morgan fingerprint density at radius 2 is 2.32 bits per heavy atom. The molecule has 4 heteroatoms. The molecule has 0 saturated carbocycles. The maximum atomic E-state index is 12.0. The van der Waals surface area contributed by atoms with Crippen LogP contribution in [0.3, 0.4) is 0 Å². The van der Waals surface area contributed by atoms with Crippen molar-refractivity contribution in [1.82, 2.24) is 9.88 Å². The first kappa shape index (κ1) is 14.0. The summed E-state index contributed by atoms with van der Waals surface area (Å²) in [5, 5.41) is 0. The van der Waals surface area contributed by atoms with Gasteiger partial charge in [-0.05, 0) is 45.4 Å². The molecule has 4 nitrogen and oxygen atoms in total. The van der Waals surface area contributed by atoms with Crippen LogP contribution in [0.25, 0.3) is 0 Å². The highest BCUT2D eigenvalue weighted by molar-refractivity contribution is 5.75. The number of pyridine rings is 1. The van der Waals surface area contributed by atoms with E-state index in [4.69, 9.17) is 4.74 Å². The lowest BCUT2D eigenvalue weighted by molar-refractivity contribution is -0.151. The number of piperidine rings is 1. The summed E-state index contributed by atoms with van der Waals surface area (Å²) in [6.45, 7) is 5.96. The van der Waals surface area contributed by atoms with E-state index in [2.05, 4.69) is 9.88 Å². The molecule has 1 aliphatic rings. The van der Waals surface area contributed by atoms with E-state index in [0.717, 1.165) is 43.7 Å². The summed E-state index contributed by atoms with van der Waals surface area (Å²) in [5.41, 5.74) is 2.04. The summed E-state index contributed by atoms with van der Waals surface area (Å²) in [6.07, 6.45) is 3.13. The topological polar surface area (TPSA) is 42.4 Å². The van der Waals surface area contributed by atoms with Crippen LogP contribution in [0.2, 0.25) is 0 Å². The Hall–Kier alpha value is -1.42. The molecule has 1 aromatic rings. The van der Waals surface area contributed by atoms with E-state index in [0.29, 0.717) is 6.61 Å². The Morgan fingerprint density at radius 3 is 3.05 bits per heavy atom. The normalized spacial score (nSPS) is 20.2. The molecule has 1 fully saturated rings. The number of aryl methyl sites for hydroxylation is 1. The number of ether oxygens (including phenoxy) is 1. The first-order chi connectivity index (χ1) is 9.20. The third kappa shape index (κ3) is 3.77. The fourth-order valence-electron chi connectivity index (χ4n) is 2.58. The molecule has 0 aromatic carbocycles. The van der Waals surface area contributed by atoms with Gasteiger partial charge in [0.25, 0.3) is 0 Å². The number of carbonyl (C=O) groups excluding carboxylic acids is 1. The summed E-state index contributed by atoms with van der Waals surface area (Å²) in [5.74, 6) is -0.0881. The van der Waals surface area contributed by atoms with Crippen molar-refractivity contribution in [3.63, 3.8) is 0 Å². The predicted octanol–water partition coefficient (Wildman–Crippen LogP) is 2.31. The summed E-state index contributed by atoms with van der Waals surface area (Å²) < 4.78 is 5.17. The van der Waals surface area contributed by atoms with Gasteiger partial charge in [0, 0.05) is 12.2 Å². The SMILES string of the molecule is CCOC(=O)C1CCCCN1Cc1cccc(C)n1. The number of nitrogens with zero attached hydrogens (tertiary/aromatic N) is 2. The largest absolute Gasteiger partial charge is 0.465 e.